The van der Waals surface area contributed by atoms with E-state index in [1.807, 2.05) is 6.26 Å². The van der Waals surface area contributed by atoms with Crippen LogP contribution in [0, 0.1) is 145 Å². The van der Waals surface area contributed by atoms with Crippen molar-refractivity contribution in [2.24, 2.45) is 134 Å². The summed E-state index contributed by atoms with van der Waals surface area (Å²) in [5.74, 6) is 7.83. The highest BCUT2D eigenvalue weighted by Gasteiger charge is 3.00. The second-order valence-corrected chi connectivity index (χ2v) is 36.6. The number of aliphatic hydroxyl groups is 3. The van der Waals surface area contributed by atoms with Crippen LogP contribution in [0.1, 0.15) is 178 Å². The van der Waals surface area contributed by atoms with Crippen LogP contribution in [0.3, 0.4) is 0 Å². The molecule has 7 aliphatic heterocycles. The molecule has 1 aromatic heterocycles. The van der Waals surface area contributed by atoms with Crippen molar-refractivity contribution in [2.75, 3.05) is 26.4 Å². The van der Waals surface area contributed by atoms with Gasteiger partial charge in [0.15, 0.2) is 17.5 Å². The van der Waals surface area contributed by atoms with Crippen molar-refractivity contribution in [3.63, 3.8) is 0 Å². The van der Waals surface area contributed by atoms with E-state index in [1.54, 1.807) is 0 Å². The van der Waals surface area contributed by atoms with Gasteiger partial charge in [-0.05, 0) is 240 Å². The normalized spacial score (nSPS) is 53.6. The number of benzene rings is 1. The molecule has 500 valence electrons. The van der Waals surface area contributed by atoms with Gasteiger partial charge < -0.3 is 43.6 Å². The Hall–Kier alpha value is -4.29. The minimum absolute atomic E-state index is 0.0377. The Morgan fingerprint density at radius 2 is 1.71 bits per heavy atom. The maximum atomic E-state index is 18.1. The van der Waals surface area contributed by atoms with Crippen molar-refractivity contribution in [1.82, 2.24) is 10.2 Å². The molecule has 94 heavy (non-hydrogen) atoms. The molecule has 4 N–H and O–H groups in total. The number of allylic oxidation sites excluding steroid dienone is 1. The number of aliphatic hydroxyl groups excluding tert-OH is 3. The number of hydrogen-bond donors (Lipinski definition) is 4. The van der Waals surface area contributed by atoms with Crippen LogP contribution in [0.15, 0.2) is 64.9 Å². The molecule has 0 radical (unpaired) electrons. The Kier molecular flexibility index (Phi) is 12.1. The first-order valence-electron chi connectivity index (χ1n) is 38.3. The number of nitrogens with one attached hydrogen (secondary N) is 1. The highest BCUT2D eigenvalue weighted by atomic mass is 16.7. The Labute approximate surface area is 554 Å². The standard InChI is InChI=1S/C81H100N2O11/c1-43-55-13-9-12-46(55)18-22-56(43)60-32-53-31-54-36-75(25-7-8-26-75)40-76(54)35-51-34-73(2)79-52(21-17-50-39-90-63(64(50)79)33-58(62(85)38-84)48-19-23-57-49(30-48)24-27-83-42-82-37-61(57)83)20-16-47-15-14-45(28-44-10-5-4-6-11-44)29-59(47)78(81(73)70(92-81)72(89)93-79)66(51)77-41-91-71(88)68(76)80(53,77)94-74(60,3)67(77)65(86)69(78)87/h4-6,10-11,24,27,32,39,43,45-49,51-52,54-62,66-70,82,84-85,87H,7-9,12-15,17-19,21-23,25-26,28-31,33-38,40-42H2,1-3H3/t43-,45-,46+,47+,48+,49+,51-,52+,54-,55-,56-,57-,58-,59+,60+,61+,62+,66+,67+,68-,69+,70+,73-,74-,76+,77+,78-,79-,80-,81+/m0/s1. The number of Topliss-reactive ketones (excluding diaryl/α,β-unsaturated/α-hetero) is 1. The Bertz CT molecular complexity index is 3710. The topological polar surface area (TPSA) is 181 Å². The Morgan fingerprint density at radius 1 is 0.862 bits per heavy atom. The molecular formula is C81H100N2O11. The third-order valence-corrected chi connectivity index (χ3v) is 34.0. The zero-order valence-electron chi connectivity index (χ0n) is 55.8. The van der Waals surface area contributed by atoms with Gasteiger partial charge in [-0.3, -0.25) is 14.9 Å². The van der Waals surface area contributed by atoms with Gasteiger partial charge in [0.2, 0.25) is 0 Å². The molecule has 13 nitrogen and oxygen atoms in total. The predicted octanol–water partition coefficient (Wildman–Crippen LogP) is 11.0. The van der Waals surface area contributed by atoms with Gasteiger partial charge in [0, 0.05) is 47.2 Å². The van der Waals surface area contributed by atoms with E-state index in [1.165, 1.54) is 49.7 Å². The zero-order chi connectivity index (χ0) is 63.2. The Balaban J connectivity index is 0.801. The number of carbonyl (C=O) groups excluding carboxylic acids is 3. The van der Waals surface area contributed by atoms with Crippen LogP contribution in [0.25, 0.3) is 0 Å². The lowest BCUT2D eigenvalue weighted by atomic mass is 9.28. The van der Waals surface area contributed by atoms with Gasteiger partial charge in [-0.25, -0.2) is 4.79 Å². The number of cyclic esters (lactones) is 1. The maximum Gasteiger partial charge on any atom is 0.339 e. The first-order chi connectivity index (χ1) is 45.5. The van der Waals surface area contributed by atoms with E-state index >= 15 is 19.5 Å². The highest BCUT2D eigenvalue weighted by Crippen LogP contribution is 2.92. The fraction of sp³-hybridized carbons (Fsp3) is 0.765. The van der Waals surface area contributed by atoms with Gasteiger partial charge in [0.25, 0.3) is 0 Å². The summed E-state index contributed by atoms with van der Waals surface area (Å²) in [6.45, 7) is 8.68. The molecule has 21 rings (SSSR count). The molecule has 5 saturated heterocycles. The number of rotatable bonds is 8. The first-order valence-corrected chi connectivity index (χ1v) is 38.3. The van der Waals surface area contributed by atoms with Gasteiger partial charge >= 0.3 is 11.9 Å². The maximum absolute atomic E-state index is 18.1. The largest absolute Gasteiger partial charge is 0.469 e. The lowest BCUT2D eigenvalue weighted by Gasteiger charge is -2.74. The molecule has 30 atom stereocenters. The van der Waals surface area contributed by atoms with Crippen LogP contribution in [-0.2, 0) is 58.2 Å². The van der Waals surface area contributed by atoms with E-state index < -0.39 is 97.9 Å². The van der Waals surface area contributed by atoms with E-state index in [0.29, 0.717) is 67.6 Å². The number of carbonyl (C=O) groups is 3. The molecule has 8 heterocycles. The molecule has 10 saturated carbocycles. The van der Waals surface area contributed by atoms with Gasteiger partial charge in [-0.15, -0.1) is 0 Å². The lowest BCUT2D eigenvalue weighted by molar-refractivity contribution is -0.320. The number of fused-ring (bicyclic) bond motifs is 8. The van der Waals surface area contributed by atoms with E-state index in [4.69, 9.17) is 23.4 Å². The SMILES string of the molecule is C[C@H]1[C@@H]2CCC[C@@H]2CC[C@@H]1[C@H]1C=C2C[C@H]3CC4(CCCC4)C[C@]34C[C@@H]3C[C@]5(C)[C@]67O[C@@H]6C(=O)O[C@@]56c5c(coc5C[C@@H]([C@@H]5CC[C@H]8[C@H](C=CN9CNC[C@H]89)C5)[C@H](O)CO)CC[C@H]6C#C[C@H]5CC[C@@H](Cc6ccccc6)C[C@H]5[C@]75[C@H](O)C(=O)[C@@H]6[C@@]1(C)O[C@]21[C@H]4C(=O)OC[C@@]61[C@@H]35. The predicted molar refractivity (Wildman–Crippen MR) is 346 cm³/mol. The van der Waals surface area contributed by atoms with E-state index in [-0.39, 0.29) is 77.7 Å². The van der Waals surface area contributed by atoms with Crippen LogP contribution < -0.4 is 5.32 Å². The number of furan rings is 1. The molecular weight excluding hydrogens is 1180 g/mol. The number of esters is 2. The summed E-state index contributed by atoms with van der Waals surface area (Å²) in [6, 6.07) is 11.3. The van der Waals surface area contributed by atoms with Crippen molar-refractivity contribution in [1.29, 1.82) is 0 Å². The number of nitrogens with zero attached hydrogens (tertiary/aromatic N) is 1. The van der Waals surface area contributed by atoms with Gasteiger partial charge in [0.05, 0.1) is 54.4 Å². The smallest absolute Gasteiger partial charge is 0.339 e. The molecule has 15 fully saturated rings. The number of epoxide rings is 1. The quantitative estimate of drug-likeness (QED) is 0.0849. The van der Waals surface area contributed by atoms with Crippen molar-refractivity contribution in [2.45, 2.75) is 222 Å². The van der Waals surface area contributed by atoms with Crippen LogP contribution >= 0.6 is 0 Å². The molecule has 7 spiro atoms. The average molecular weight is 1280 g/mol. The van der Waals surface area contributed by atoms with Crippen LogP contribution in [-0.4, -0.2) is 106 Å². The van der Waals surface area contributed by atoms with Crippen molar-refractivity contribution in [3.05, 3.63) is 83.0 Å². The molecule has 13 heteroatoms. The zero-order valence-corrected chi connectivity index (χ0v) is 55.8. The summed E-state index contributed by atoms with van der Waals surface area (Å²) < 4.78 is 38.8. The Morgan fingerprint density at radius 3 is 2.56 bits per heavy atom. The van der Waals surface area contributed by atoms with Crippen LogP contribution in [0.4, 0.5) is 0 Å². The van der Waals surface area contributed by atoms with Crippen LogP contribution in [0.2, 0.25) is 0 Å². The van der Waals surface area contributed by atoms with Gasteiger partial charge in [-0.1, -0.05) is 93.9 Å². The second kappa shape index (κ2) is 19.4. The summed E-state index contributed by atoms with van der Waals surface area (Å²) in [6.07, 6.45) is 28.2. The summed E-state index contributed by atoms with van der Waals surface area (Å²) in [5, 5.41) is 42.5. The second-order valence-electron chi connectivity index (χ2n) is 36.6. The van der Waals surface area contributed by atoms with Crippen molar-refractivity contribution >= 4 is 17.7 Å². The minimum Gasteiger partial charge on any atom is -0.469 e. The number of hydrogen-bond acceptors (Lipinski definition) is 13. The van der Waals surface area contributed by atoms with E-state index in [9.17, 15) is 10.2 Å². The number of ether oxygens (including phenoxy) is 4. The summed E-state index contributed by atoms with van der Waals surface area (Å²) in [4.78, 5) is 53.5. The van der Waals surface area contributed by atoms with Crippen molar-refractivity contribution < 1.29 is 53.1 Å². The highest BCUT2D eigenvalue weighted by molar-refractivity contribution is 5.94. The fourth-order valence-corrected chi connectivity index (χ4v) is 31.5. The third-order valence-electron chi connectivity index (χ3n) is 34.0. The van der Waals surface area contributed by atoms with Gasteiger partial charge in [0.1, 0.15) is 29.7 Å². The molecule has 12 aliphatic carbocycles. The first kappa shape index (κ1) is 58.7. The van der Waals surface area contributed by atoms with Crippen LogP contribution in [0.5, 0.6) is 0 Å². The monoisotopic (exact) mass is 1280 g/mol. The molecule has 2 aromatic rings. The van der Waals surface area contributed by atoms with E-state index in [0.717, 1.165) is 114 Å². The summed E-state index contributed by atoms with van der Waals surface area (Å²) in [5.41, 5.74) is -4.87. The van der Waals surface area contributed by atoms with Gasteiger partial charge in [-0.2, -0.15) is 0 Å². The third kappa shape index (κ3) is 6.66. The molecule has 19 aliphatic rings. The number of ketones is 1. The van der Waals surface area contributed by atoms with E-state index in [2.05, 4.69) is 91.5 Å². The lowest BCUT2D eigenvalue weighted by Crippen LogP contribution is -2.84. The van der Waals surface area contributed by atoms with Crippen molar-refractivity contribution in [3.8, 4) is 11.8 Å². The fourth-order valence-electron chi connectivity index (χ4n) is 31.5. The number of aryl methyl sites for hydroxylation is 1. The average Bonchev–Trinajstić information content (AvgIpc) is 1.40. The molecule has 1 aromatic carbocycles. The summed E-state index contributed by atoms with van der Waals surface area (Å²) >= 11 is 0. The molecule has 9 bridgehead atoms. The molecule has 0 amide bonds. The summed E-state index contributed by atoms with van der Waals surface area (Å²) in [7, 11) is 0. The minimum atomic E-state index is -1.56. The molecule has 0 unspecified atom stereocenters.